The van der Waals surface area contributed by atoms with Crippen molar-refractivity contribution in [2.45, 2.75) is 11.8 Å². The number of ether oxygens (including phenoxy) is 1. The molecule has 4 rings (SSSR count). The van der Waals surface area contributed by atoms with Gasteiger partial charge in [0.25, 0.3) is 15.7 Å². The van der Waals surface area contributed by atoms with Crippen LogP contribution in [0.2, 0.25) is 0 Å². The highest BCUT2D eigenvalue weighted by molar-refractivity contribution is 7.92. The van der Waals surface area contributed by atoms with Gasteiger partial charge in [0.1, 0.15) is 12.3 Å². The van der Waals surface area contributed by atoms with Crippen LogP contribution < -0.4 is 20.0 Å². The molecule has 38 heavy (non-hydrogen) atoms. The Morgan fingerprint density at radius 2 is 1.68 bits per heavy atom. The summed E-state index contributed by atoms with van der Waals surface area (Å²) in [4.78, 5) is 35.7. The number of carbonyl (C=O) groups excluding carboxylic acids is 1. The number of methoxy groups -OCH3 is 1. The number of fused-ring (bicyclic) bond motifs is 1. The van der Waals surface area contributed by atoms with Gasteiger partial charge in [-0.3, -0.25) is 28.3 Å². The molecule has 0 saturated carbocycles. The van der Waals surface area contributed by atoms with Crippen molar-refractivity contribution < 1.29 is 22.9 Å². The van der Waals surface area contributed by atoms with Crippen molar-refractivity contribution in [1.29, 1.82) is 0 Å². The lowest BCUT2D eigenvalue weighted by atomic mass is 10.2. The number of aromatic nitrogens is 2. The quantitative estimate of drug-likeness (QED) is 0.268. The fourth-order valence-electron chi connectivity index (χ4n) is 4.05. The number of nitrogens with one attached hydrogen (secondary N) is 1. The zero-order valence-corrected chi connectivity index (χ0v) is 21.9. The van der Waals surface area contributed by atoms with Crippen molar-refractivity contribution in [1.82, 2.24) is 9.13 Å². The first-order chi connectivity index (χ1) is 17.9. The van der Waals surface area contributed by atoms with E-state index in [4.69, 9.17) is 4.74 Å². The smallest absolute Gasteiger partial charge is 0.328 e. The number of aryl methyl sites for hydroxylation is 3. The third kappa shape index (κ3) is 4.83. The largest absolute Gasteiger partial charge is 0.497 e. The highest BCUT2D eigenvalue weighted by Gasteiger charge is 2.29. The number of imidazole rings is 1. The molecule has 0 saturated heterocycles. The van der Waals surface area contributed by atoms with Gasteiger partial charge in [0.05, 0.1) is 33.6 Å². The Kier molecular flexibility index (Phi) is 6.96. The van der Waals surface area contributed by atoms with Crippen molar-refractivity contribution in [2.75, 3.05) is 23.3 Å². The molecule has 0 spiro atoms. The zero-order chi connectivity index (χ0) is 27.8. The van der Waals surface area contributed by atoms with Crippen LogP contribution in [0.5, 0.6) is 5.75 Å². The van der Waals surface area contributed by atoms with Crippen LogP contribution in [-0.4, -0.2) is 42.0 Å². The summed E-state index contributed by atoms with van der Waals surface area (Å²) in [6.07, 6.45) is 0. The maximum absolute atomic E-state index is 13.7. The molecule has 1 amide bonds. The number of sulfonamides is 1. The highest BCUT2D eigenvalue weighted by Crippen LogP contribution is 2.29. The van der Waals surface area contributed by atoms with Crippen molar-refractivity contribution in [2.24, 2.45) is 14.1 Å². The van der Waals surface area contributed by atoms with Gasteiger partial charge in [0, 0.05) is 31.4 Å². The van der Waals surface area contributed by atoms with E-state index < -0.39 is 27.4 Å². The maximum atomic E-state index is 13.7. The first-order valence-corrected chi connectivity index (χ1v) is 12.7. The van der Waals surface area contributed by atoms with E-state index in [1.165, 1.54) is 59.6 Å². The summed E-state index contributed by atoms with van der Waals surface area (Å²) in [5, 5.41) is 14.1. The SMILES string of the molecule is COc1ccc(N(CC(=O)Nc2ccc3c(c2)n(C)c(=O)n3C)S(=O)(=O)c2ccc(C)c([N+](=O)[O-])c2)cc1. The predicted octanol–water partition coefficient (Wildman–Crippen LogP) is 2.94. The summed E-state index contributed by atoms with van der Waals surface area (Å²) < 4.78 is 36.3. The minimum Gasteiger partial charge on any atom is -0.497 e. The fraction of sp³-hybridized carbons (Fsp3) is 0.200. The first-order valence-electron chi connectivity index (χ1n) is 11.3. The number of anilines is 2. The zero-order valence-electron chi connectivity index (χ0n) is 21.0. The van der Waals surface area contributed by atoms with Crippen LogP contribution in [0.15, 0.2) is 70.4 Å². The normalized spacial score (nSPS) is 11.4. The molecule has 1 heterocycles. The lowest BCUT2D eigenvalue weighted by Gasteiger charge is -2.24. The molecule has 0 bridgehead atoms. The van der Waals surface area contributed by atoms with Crippen molar-refractivity contribution in [3.8, 4) is 5.75 Å². The second kappa shape index (κ2) is 10.0. The van der Waals surface area contributed by atoms with E-state index in [9.17, 15) is 28.1 Å². The second-order valence-electron chi connectivity index (χ2n) is 8.57. The number of hydrogen-bond acceptors (Lipinski definition) is 7. The van der Waals surface area contributed by atoms with E-state index >= 15 is 0 Å². The molecule has 0 fully saturated rings. The molecule has 3 aromatic carbocycles. The number of hydrogen-bond donors (Lipinski definition) is 1. The summed E-state index contributed by atoms with van der Waals surface area (Å²) >= 11 is 0. The molecule has 4 aromatic rings. The van der Waals surface area contributed by atoms with Gasteiger partial charge in [0.15, 0.2) is 0 Å². The summed E-state index contributed by atoms with van der Waals surface area (Å²) in [5.74, 6) is -0.186. The number of amides is 1. The van der Waals surface area contributed by atoms with E-state index in [-0.39, 0.29) is 22.0 Å². The van der Waals surface area contributed by atoms with Crippen LogP contribution in [0.4, 0.5) is 17.1 Å². The highest BCUT2D eigenvalue weighted by atomic mass is 32.2. The van der Waals surface area contributed by atoms with Gasteiger partial charge in [0.2, 0.25) is 5.91 Å². The van der Waals surface area contributed by atoms with Crippen LogP contribution in [-0.2, 0) is 28.9 Å². The van der Waals surface area contributed by atoms with E-state index in [2.05, 4.69) is 5.32 Å². The number of nitro groups is 1. The molecule has 0 radical (unpaired) electrons. The Balaban J connectivity index is 1.71. The Morgan fingerprint density at radius 3 is 2.32 bits per heavy atom. The summed E-state index contributed by atoms with van der Waals surface area (Å²) in [6, 6.07) is 14.5. The summed E-state index contributed by atoms with van der Waals surface area (Å²) in [7, 11) is 0.302. The molecule has 0 aliphatic heterocycles. The molecular weight excluding hydrogens is 514 g/mol. The van der Waals surface area contributed by atoms with Gasteiger partial charge in [-0.05, 0) is 55.5 Å². The van der Waals surface area contributed by atoms with Gasteiger partial charge < -0.3 is 10.1 Å². The van der Waals surface area contributed by atoms with Gasteiger partial charge in [-0.2, -0.15) is 0 Å². The minimum atomic E-state index is -4.40. The topological polar surface area (TPSA) is 146 Å². The minimum absolute atomic E-state index is 0.157. The molecule has 1 N–H and O–H groups in total. The Labute approximate surface area is 217 Å². The van der Waals surface area contributed by atoms with Gasteiger partial charge in [-0.15, -0.1) is 0 Å². The average molecular weight is 540 g/mol. The van der Waals surface area contributed by atoms with E-state index in [1.807, 2.05) is 0 Å². The number of nitrogens with zero attached hydrogens (tertiary/aromatic N) is 4. The molecule has 0 aliphatic rings. The van der Waals surface area contributed by atoms with Crippen molar-refractivity contribution in [3.05, 3.63) is 86.8 Å². The Morgan fingerprint density at radius 1 is 1.03 bits per heavy atom. The fourth-order valence-corrected chi connectivity index (χ4v) is 5.49. The number of rotatable bonds is 8. The molecule has 198 valence electrons. The van der Waals surface area contributed by atoms with Crippen LogP contribution in [0.3, 0.4) is 0 Å². The first kappa shape index (κ1) is 26.4. The molecular formula is C25H25N5O7S. The molecule has 0 atom stereocenters. The van der Waals surface area contributed by atoms with Crippen LogP contribution in [0.25, 0.3) is 11.0 Å². The van der Waals surface area contributed by atoms with E-state index in [1.54, 1.807) is 32.3 Å². The van der Waals surface area contributed by atoms with E-state index in [0.717, 1.165) is 10.4 Å². The monoisotopic (exact) mass is 539 g/mol. The lowest BCUT2D eigenvalue weighted by molar-refractivity contribution is -0.385. The van der Waals surface area contributed by atoms with Crippen molar-refractivity contribution >= 4 is 44.0 Å². The second-order valence-corrected chi connectivity index (χ2v) is 10.4. The maximum Gasteiger partial charge on any atom is 0.328 e. The van der Waals surface area contributed by atoms with Crippen LogP contribution >= 0.6 is 0 Å². The standard InChI is InChI=1S/C25H25N5O7S/c1-16-5-11-20(14-22(16)30(33)34)38(35,36)29(18-7-9-19(37-4)10-8-18)15-24(31)26-17-6-12-21-23(13-17)28(3)25(32)27(21)2/h5-14H,15H2,1-4H3,(H,26,31). The third-order valence-electron chi connectivity index (χ3n) is 6.17. The molecule has 1 aromatic heterocycles. The lowest BCUT2D eigenvalue weighted by Crippen LogP contribution is -2.38. The molecule has 0 unspecified atom stereocenters. The van der Waals surface area contributed by atoms with Gasteiger partial charge in [-0.25, -0.2) is 13.2 Å². The van der Waals surface area contributed by atoms with Crippen LogP contribution in [0, 0.1) is 17.0 Å². The van der Waals surface area contributed by atoms with Crippen LogP contribution in [0.1, 0.15) is 5.56 Å². The number of nitro benzene ring substituents is 1. The molecule has 12 nitrogen and oxygen atoms in total. The third-order valence-corrected chi connectivity index (χ3v) is 7.94. The Bertz CT molecular complexity index is 1720. The summed E-state index contributed by atoms with van der Waals surface area (Å²) in [6.45, 7) is 0.880. The number of benzene rings is 3. The molecule has 13 heteroatoms. The van der Waals surface area contributed by atoms with E-state index in [0.29, 0.717) is 28.0 Å². The van der Waals surface area contributed by atoms with Crippen molar-refractivity contribution in [3.63, 3.8) is 0 Å². The number of carbonyl (C=O) groups is 1. The Hall–Kier alpha value is -4.65. The molecule has 0 aliphatic carbocycles. The summed E-state index contributed by atoms with van der Waals surface area (Å²) in [5.41, 5.74) is 1.49. The predicted molar refractivity (Wildman–Crippen MR) is 142 cm³/mol. The average Bonchev–Trinajstić information content (AvgIpc) is 3.10. The van der Waals surface area contributed by atoms with Gasteiger partial charge in [-0.1, -0.05) is 6.07 Å². The van der Waals surface area contributed by atoms with Gasteiger partial charge >= 0.3 is 5.69 Å².